The number of hydrogen-bond acceptors (Lipinski definition) is 5. The summed E-state index contributed by atoms with van der Waals surface area (Å²) in [4.78, 5) is 12.8. The number of carbonyl (C=O) groups excluding carboxylic acids is 1. The molecule has 0 heterocycles. The van der Waals surface area contributed by atoms with E-state index in [1.807, 2.05) is 0 Å². The molecule has 0 amide bonds. The number of hydrogen-bond donors (Lipinski definition) is 0. The van der Waals surface area contributed by atoms with Crippen molar-refractivity contribution in [1.82, 2.24) is 0 Å². The molecular weight excluding hydrogens is 477 g/mol. The summed E-state index contributed by atoms with van der Waals surface area (Å²) < 4.78 is 102. The van der Waals surface area contributed by atoms with Gasteiger partial charge in [0, 0.05) is 31.2 Å². The Kier molecular flexibility index (Phi) is 8.73. The number of rotatable bonds is 9. The van der Waals surface area contributed by atoms with E-state index >= 15 is 0 Å². The Morgan fingerprint density at radius 1 is 0.848 bits per heavy atom. The van der Waals surface area contributed by atoms with E-state index in [0.717, 1.165) is 0 Å². The molecule has 2 rings (SSSR count). The first-order chi connectivity index (χ1) is 15.3. The minimum Gasteiger partial charge on any atom is -0.465 e. The Bertz CT molecular complexity index is 944. The molecule has 0 N–H and O–H groups in total. The molecule has 2 aromatic carbocycles. The Labute approximate surface area is 187 Å². The van der Waals surface area contributed by atoms with Gasteiger partial charge in [-0.1, -0.05) is 6.07 Å². The van der Waals surface area contributed by atoms with E-state index in [9.17, 15) is 31.1 Å². The van der Waals surface area contributed by atoms with Gasteiger partial charge in [0.15, 0.2) is 18.1 Å². The number of carbonyl (C=O) groups is 1. The molecule has 0 radical (unpaired) electrons. The maximum Gasteiger partial charge on any atom is 0.417 e. The quantitative estimate of drug-likeness (QED) is 0.256. The summed E-state index contributed by atoms with van der Waals surface area (Å²) in [6, 6.07) is 5.58. The van der Waals surface area contributed by atoms with E-state index in [0.29, 0.717) is 18.2 Å². The van der Waals surface area contributed by atoms with E-state index in [4.69, 9.17) is 18.9 Å². The van der Waals surface area contributed by atoms with Gasteiger partial charge in [-0.05, 0) is 46.7 Å². The molecule has 5 nitrogen and oxygen atoms in total. The highest BCUT2D eigenvalue weighted by molar-refractivity contribution is 7.66. The second-order valence-corrected chi connectivity index (χ2v) is 7.92. The number of alkyl halides is 6. The fourth-order valence-electron chi connectivity index (χ4n) is 2.70. The maximum absolute atomic E-state index is 13.4. The first kappa shape index (κ1) is 26.9. The SMILES string of the molecule is COC(C)Oc1ccc(PC(=O)c2c(C(F)(F)F)cccc2C(F)(F)F)c(OC(C)OC)c1. The zero-order valence-corrected chi connectivity index (χ0v) is 18.9. The molecule has 0 aromatic heterocycles. The topological polar surface area (TPSA) is 54.0 Å². The van der Waals surface area contributed by atoms with Crippen LogP contribution in [0.25, 0.3) is 0 Å². The summed E-state index contributed by atoms with van der Waals surface area (Å²) in [5.74, 6) is 0.255. The van der Waals surface area contributed by atoms with E-state index in [-0.39, 0.29) is 16.8 Å². The molecular formula is C21H21F6O5P. The highest BCUT2D eigenvalue weighted by Crippen LogP contribution is 2.42. The standard InChI is InChI=1S/C21H21F6O5P/c1-11(29-3)31-13-8-9-17(16(10-13)32-12(2)30-4)33-19(28)18-14(20(22,23)24)6-5-7-15(18)21(25,26)27/h5-12,33H,1-4H3. The molecule has 12 heteroatoms. The Morgan fingerprint density at radius 2 is 1.36 bits per heavy atom. The fourth-order valence-corrected chi connectivity index (χ4v) is 3.76. The Balaban J connectivity index is 2.53. The average Bonchev–Trinajstić information content (AvgIpc) is 2.73. The van der Waals surface area contributed by atoms with Crippen LogP contribution >= 0.6 is 8.58 Å². The smallest absolute Gasteiger partial charge is 0.417 e. The van der Waals surface area contributed by atoms with Gasteiger partial charge in [0.2, 0.25) is 0 Å². The van der Waals surface area contributed by atoms with Crippen molar-refractivity contribution in [2.45, 2.75) is 38.8 Å². The monoisotopic (exact) mass is 498 g/mol. The van der Waals surface area contributed by atoms with Crippen molar-refractivity contribution in [1.29, 1.82) is 0 Å². The molecule has 0 saturated carbocycles. The van der Waals surface area contributed by atoms with Crippen LogP contribution in [0.15, 0.2) is 36.4 Å². The summed E-state index contributed by atoms with van der Waals surface area (Å²) >= 11 is 0. The molecule has 0 spiro atoms. The number of ether oxygens (including phenoxy) is 4. The van der Waals surface area contributed by atoms with Crippen molar-refractivity contribution in [2.75, 3.05) is 14.2 Å². The van der Waals surface area contributed by atoms with Gasteiger partial charge in [-0.25, -0.2) is 0 Å². The van der Waals surface area contributed by atoms with Crippen LogP contribution in [-0.2, 0) is 21.8 Å². The van der Waals surface area contributed by atoms with Crippen LogP contribution in [0.5, 0.6) is 11.5 Å². The van der Waals surface area contributed by atoms with E-state index < -0.39 is 55.7 Å². The van der Waals surface area contributed by atoms with E-state index in [1.54, 1.807) is 6.92 Å². The fraction of sp³-hybridized carbons (Fsp3) is 0.381. The third-order valence-electron chi connectivity index (χ3n) is 4.36. The summed E-state index contributed by atoms with van der Waals surface area (Å²) in [5.41, 5.74) is -6.09. The van der Waals surface area contributed by atoms with Crippen LogP contribution in [0, 0.1) is 0 Å². The number of benzene rings is 2. The predicted molar refractivity (Wildman–Crippen MR) is 109 cm³/mol. The Hall–Kier alpha value is -2.36. The molecule has 0 bridgehead atoms. The van der Waals surface area contributed by atoms with Crippen molar-refractivity contribution < 1.29 is 50.1 Å². The third-order valence-corrected chi connectivity index (χ3v) is 5.52. The van der Waals surface area contributed by atoms with Crippen LogP contribution in [0.2, 0.25) is 0 Å². The molecule has 0 aliphatic carbocycles. The zero-order valence-electron chi connectivity index (χ0n) is 17.9. The van der Waals surface area contributed by atoms with Gasteiger partial charge >= 0.3 is 12.4 Å². The maximum atomic E-state index is 13.4. The summed E-state index contributed by atoms with van der Waals surface area (Å²) in [5, 5.41) is 0.0754. The van der Waals surface area contributed by atoms with Crippen molar-refractivity contribution in [3.63, 3.8) is 0 Å². The minimum absolute atomic E-state index is 0.00915. The highest BCUT2D eigenvalue weighted by atomic mass is 31.1. The van der Waals surface area contributed by atoms with Gasteiger partial charge < -0.3 is 18.9 Å². The molecule has 182 valence electrons. The number of methoxy groups -OCH3 is 2. The van der Waals surface area contributed by atoms with Crippen LogP contribution in [-0.4, -0.2) is 32.3 Å². The Morgan fingerprint density at radius 3 is 1.85 bits per heavy atom. The van der Waals surface area contributed by atoms with E-state index in [1.165, 1.54) is 39.3 Å². The van der Waals surface area contributed by atoms with Gasteiger partial charge in [0.05, 0.1) is 11.1 Å². The van der Waals surface area contributed by atoms with Gasteiger partial charge in [0.25, 0.3) is 0 Å². The van der Waals surface area contributed by atoms with Crippen LogP contribution in [0.1, 0.15) is 35.3 Å². The van der Waals surface area contributed by atoms with Crippen LogP contribution in [0.4, 0.5) is 26.3 Å². The first-order valence-corrected chi connectivity index (χ1v) is 10.4. The van der Waals surface area contributed by atoms with Crippen molar-refractivity contribution in [3.8, 4) is 11.5 Å². The average molecular weight is 498 g/mol. The molecule has 2 aromatic rings. The van der Waals surface area contributed by atoms with Gasteiger partial charge in [-0.15, -0.1) is 0 Å². The second-order valence-electron chi connectivity index (χ2n) is 6.68. The number of halogens is 6. The molecule has 0 fully saturated rings. The second kappa shape index (κ2) is 10.7. The first-order valence-electron chi connectivity index (χ1n) is 9.39. The summed E-state index contributed by atoms with van der Waals surface area (Å²) in [6.45, 7) is 3.12. The lowest BCUT2D eigenvalue weighted by Crippen LogP contribution is -2.21. The zero-order chi connectivity index (χ0) is 25.0. The van der Waals surface area contributed by atoms with Crippen LogP contribution in [0.3, 0.4) is 0 Å². The normalized spacial score (nSPS) is 14.4. The van der Waals surface area contributed by atoms with Crippen molar-refractivity contribution >= 4 is 19.4 Å². The van der Waals surface area contributed by atoms with Crippen LogP contribution < -0.4 is 14.8 Å². The molecule has 3 atom stereocenters. The predicted octanol–water partition coefficient (Wildman–Crippen LogP) is 5.61. The van der Waals surface area contributed by atoms with Crippen molar-refractivity contribution in [2.24, 2.45) is 0 Å². The lowest BCUT2D eigenvalue weighted by atomic mass is 10.0. The molecule has 0 aliphatic rings. The highest BCUT2D eigenvalue weighted by Gasteiger charge is 2.42. The molecule has 0 saturated heterocycles. The molecule has 3 unspecified atom stereocenters. The summed E-state index contributed by atoms with van der Waals surface area (Å²) in [7, 11) is 1.63. The third kappa shape index (κ3) is 7.06. The largest absolute Gasteiger partial charge is 0.465 e. The summed E-state index contributed by atoms with van der Waals surface area (Å²) in [6.07, 6.45) is -11.8. The van der Waals surface area contributed by atoms with E-state index in [2.05, 4.69) is 0 Å². The van der Waals surface area contributed by atoms with Crippen molar-refractivity contribution in [3.05, 3.63) is 53.1 Å². The van der Waals surface area contributed by atoms with Gasteiger partial charge in [0.1, 0.15) is 11.5 Å². The lowest BCUT2D eigenvalue weighted by Gasteiger charge is -2.20. The van der Waals surface area contributed by atoms with Gasteiger partial charge in [-0.2, -0.15) is 26.3 Å². The molecule has 33 heavy (non-hydrogen) atoms. The lowest BCUT2D eigenvalue weighted by molar-refractivity contribution is -0.143. The van der Waals surface area contributed by atoms with Gasteiger partial charge in [-0.3, -0.25) is 4.79 Å². The molecule has 0 aliphatic heterocycles. The minimum atomic E-state index is -5.16.